The lowest BCUT2D eigenvalue weighted by Crippen LogP contribution is -2.08. The van der Waals surface area contributed by atoms with Crippen molar-refractivity contribution in [1.82, 2.24) is 4.98 Å². The zero-order chi connectivity index (χ0) is 15.7. The molecule has 1 N–H and O–H groups in total. The Kier molecular flexibility index (Phi) is 3.77. The van der Waals surface area contributed by atoms with Crippen molar-refractivity contribution in [2.24, 2.45) is 0 Å². The molecule has 1 aromatic heterocycles. The van der Waals surface area contributed by atoms with Gasteiger partial charge in [0.25, 0.3) is 5.56 Å². The van der Waals surface area contributed by atoms with Crippen molar-refractivity contribution in [2.45, 2.75) is 0 Å². The summed E-state index contributed by atoms with van der Waals surface area (Å²) in [5.74, 6) is 1.36. The molecule has 0 atom stereocenters. The molecule has 0 aliphatic rings. The van der Waals surface area contributed by atoms with Crippen LogP contribution in [0.1, 0.15) is 0 Å². The van der Waals surface area contributed by atoms with Crippen molar-refractivity contribution in [3.8, 4) is 22.8 Å². The minimum absolute atomic E-state index is 0.205. The maximum absolute atomic E-state index is 12.3. The summed E-state index contributed by atoms with van der Waals surface area (Å²) in [6.07, 6.45) is 0. The number of benzene rings is 2. The van der Waals surface area contributed by atoms with E-state index in [1.807, 2.05) is 24.3 Å². The highest BCUT2D eigenvalue weighted by Gasteiger charge is 2.12. The number of hydrogen-bond acceptors (Lipinski definition) is 3. The molecule has 0 saturated carbocycles. The van der Waals surface area contributed by atoms with Crippen LogP contribution in [0, 0.1) is 0 Å². The molecule has 0 aliphatic carbocycles. The minimum atomic E-state index is -0.205. The quantitative estimate of drug-likeness (QED) is 0.798. The van der Waals surface area contributed by atoms with Crippen LogP contribution in [0.2, 0.25) is 5.02 Å². The number of pyridine rings is 1. The maximum Gasteiger partial charge on any atom is 0.256 e. The van der Waals surface area contributed by atoms with E-state index in [4.69, 9.17) is 21.1 Å². The summed E-state index contributed by atoms with van der Waals surface area (Å²) in [5.41, 5.74) is 1.21. The first-order valence-corrected chi connectivity index (χ1v) is 7.06. The van der Waals surface area contributed by atoms with Gasteiger partial charge in [0.1, 0.15) is 11.5 Å². The standard InChI is InChI=1S/C17H14ClNO3/c1-21-11-5-3-10(4-6-11)16-15(18)13-8-7-12(22-2)9-14(13)17(20)19-16/h3-9H,1-2H3,(H,19,20). The highest BCUT2D eigenvalue weighted by atomic mass is 35.5. The zero-order valence-corrected chi connectivity index (χ0v) is 12.9. The average Bonchev–Trinajstić information content (AvgIpc) is 2.57. The number of hydrogen-bond donors (Lipinski definition) is 1. The lowest BCUT2D eigenvalue weighted by molar-refractivity contribution is 0.415. The number of rotatable bonds is 3. The summed E-state index contributed by atoms with van der Waals surface area (Å²) < 4.78 is 10.3. The highest BCUT2D eigenvalue weighted by molar-refractivity contribution is 6.37. The van der Waals surface area contributed by atoms with Gasteiger partial charge in [-0.25, -0.2) is 0 Å². The number of halogens is 1. The van der Waals surface area contributed by atoms with E-state index >= 15 is 0 Å². The smallest absolute Gasteiger partial charge is 0.256 e. The topological polar surface area (TPSA) is 51.3 Å². The molecule has 0 fully saturated rings. The molecular weight excluding hydrogens is 302 g/mol. The second-order valence-electron chi connectivity index (χ2n) is 4.78. The molecule has 0 bridgehead atoms. The van der Waals surface area contributed by atoms with Crippen molar-refractivity contribution < 1.29 is 9.47 Å². The first-order chi connectivity index (χ1) is 10.6. The molecule has 3 aromatic rings. The second-order valence-corrected chi connectivity index (χ2v) is 5.16. The van der Waals surface area contributed by atoms with Crippen molar-refractivity contribution in [2.75, 3.05) is 14.2 Å². The van der Waals surface area contributed by atoms with Crippen molar-refractivity contribution in [3.05, 3.63) is 57.8 Å². The molecule has 1 heterocycles. The predicted molar refractivity (Wildman–Crippen MR) is 88.1 cm³/mol. The van der Waals surface area contributed by atoms with Crippen molar-refractivity contribution in [1.29, 1.82) is 0 Å². The highest BCUT2D eigenvalue weighted by Crippen LogP contribution is 2.32. The molecule has 22 heavy (non-hydrogen) atoms. The average molecular weight is 316 g/mol. The SMILES string of the molecule is COc1ccc(-c2[nH]c(=O)c3cc(OC)ccc3c2Cl)cc1. The Bertz CT molecular complexity index is 885. The molecule has 3 rings (SSSR count). The third kappa shape index (κ3) is 2.42. The summed E-state index contributed by atoms with van der Waals surface area (Å²) in [6.45, 7) is 0. The Morgan fingerprint density at radius 1 is 0.909 bits per heavy atom. The first kappa shape index (κ1) is 14.5. The molecule has 0 spiro atoms. The number of aromatic nitrogens is 1. The fourth-order valence-corrected chi connectivity index (χ4v) is 2.68. The predicted octanol–water partition coefficient (Wildman–Crippen LogP) is 3.87. The van der Waals surface area contributed by atoms with Crippen LogP contribution in [0.4, 0.5) is 0 Å². The van der Waals surface area contributed by atoms with Gasteiger partial charge in [0.2, 0.25) is 0 Å². The number of methoxy groups -OCH3 is 2. The van der Waals surface area contributed by atoms with Gasteiger partial charge in [-0.05, 0) is 48.0 Å². The van der Waals surface area contributed by atoms with Crippen LogP contribution in [0.25, 0.3) is 22.0 Å². The van der Waals surface area contributed by atoms with Crippen LogP contribution in [0.3, 0.4) is 0 Å². The van der Waals surface area contributed by atoms with Crippen molar-refractivity contribution in [3.63, 3.8) is 0 Å². The summed E-state index contributed by atoms with van der Waals surface area (Å²) in [5, 5.41) is 1.70. The summed E-state index contributed by atoms with van der Waals surface area (Å²) in [4.78, 5) is 15.2. The Morgan fingerprint density at radius 2 is 1.55 bits per heavy atom. The lowest BCUT2D eigenvalue weighted by Gasteiger charge is -2.09. The van der Waals surface area contributed by atoms with Crippen LogP contribution in [-0.4, -0.2) is 19.2 Å². The molecule has 0 unspecified atom stereocenters. The number of ether oxygens (including phenoxy) is 2. The van der Waals surface area contributed by atoms with Gasteiger partial charge in [0.05, 0.1) is 30.3 Å². The largest absolute Gasteiger partial charge is 0.497 e. The molecule has 0 aliphatic heterocycles. The summed E-state index contributed by atoms with van der Waals surface area (Å²) in [6, 6.07) is 12.6. The van der Waals surface area contributed by atoms with Crippen LogP contribution < -0.4 is 15.0 Å². The third-order valence-electron chi connectivity index (χ3n) is 3.54. The van der Waals surface area contributed by atoms with Gasteiger partial charge in [-0.3, -0.25) is 4.79 Å². The molecule has 112 valence electrons. The Labute approximate surface area is 132 Å². The molecular formula is C17H14ClNO3. The summed E-state index contributed by atoms with van der Waals surface area (Å²) in [7, 11) is 3.16. The molecule has 0 amide bonds. The fraction of sp³-hybridized carbons (Fsp3) is 0.118. The number of aromatic amines is 1. The number of nitrogens with one attached hydrogen (secondary N) is 1. The molecule has 2 aromatic carbocycles. The van der Waals surface area contributed by atoms with E-state index in [0.717, 1.165) is 11.3 Å². The first-order valence-electron chi connectivity index (χ1n) is 6.68. The van der Waals surface area contributed by atoms with E-state index < -0.39 is 0 Å². The maximum atomic E-state index is 12.3. The lowest BCUT2D eigenvalue weighted by atomic mass is 10.1. The van der Waals surface area contributed by atoms with Gasteiger partial charge < -0.3 is 14.5 Å². The Morgan fingerprint density at radius 3 is 2.18 bits per heavy atom. The molecule has 0 radical (unpaired) electrons. The minimum Gasteiger partial charge on any atom is -0.497 e. The van der Waals surface area contributed by atoms with Gasteiger partial charge in [0.15, 0.2) is 0 Å². The third-order valence-corrected chi connectivity index (χ3v) is 3.94. The molecule has 0 saturated heterocycles. The van der Waals surface area contributed by atoms with E-state index in [9.17, 15) is 4.79 Å². The van der Waals surface area contributed by atoms with Gasteiger partial charge in [-0.2, -0.15) is 0 Å². The van der Waals surface area contributed by atoms with Gasteiger partial charge >= 0.3 is 0 Å². The van der Waals surface area contributed by atoms with E-state index in [0.29, 0.717) is 27.2 Å². The van der Waals surface area contributed by atoms with Crippen molar-refractivity contribution >= 4 is 22.4 Å². The fourth-order valence-electron chi connectivity index (χ4n) is 2.36. The van der Waals surface area contributed by atoms with E-state index in [2.05, 4.69) is 4.98 Å². The van der Waals surface area contributed by atoms with Gasteiger partial charge in [-0.1, -0.05) is 11.6 Å². The van der Waals surface area contributed by atoms with E-state index in [1.165, 1.54) is 0 Å². The molecule has 4 nitrogen and oxygen atoms in total. The van der Waals surface area contributed by atoms with Crippen LogP contribution >= 0.6 is 11.6 Å². The zero-order valence-electron chi connectivity index (χ0n) is 12.1. The van der Waals surface area contributed by atoms with Crippen LogP contribution in [-0.2, 0) is 0 Å². The van der Waals surface area contributed by atoms with E-state index in [1.54, 1.807) is 32.4 Å². The Hall–Kier alpha value is -2.46. The van der Waals surface area contributed by atoms with Gasteiger partial charge in [0, 0.05) is 5.39 Å². The number of fused-ring (bicyclic) bond motifs is 1. The molecule has 5 heteroatoms. The summed E-state index contributed by atoms with van der Waals surface area (Å²) >= 11 is 6.48. The number of H-pyrrole nitrogens is 1. The van der Waals surface area contributed by atoms with Gasteiger partial charge in [-0.15, -0.1) is 0 Å². The normalized spacial score (nSPS) is 10.7. The Balaban J connectivity index is 2.22. The second kappa shape index (κ2) is 5.73. The van der Waals surface area contributed by atoms with E-state index in [-0.39, 0.29) is 5.56 Å². The van der Waals surface area contributed by atoms with Crippen LogP contribution in [0.15, 0.2) is 47.3 Å². The van der Waals surface area contributed by atoms with Crippen LogP contribution in [0.5, 0.6) is 11.5 Å². The monoisotopic (exact) mass is 315 g/mol.